The third-order valence-electron chi connectivity index (χ3n) is 2.82. The number of thiophene rings is 1. The van der Waals surface area contributed by atoms with Crippen LogP contribution in [0.4, 0.5) is 13.2 Å². The number of hydrogen-bond donors (Lipinski definition) is 1. The van der Waals surface area contributed by atoms with Crippen LogP contribution < -0.4 is 0 Å². The molecule has 0 spiro atoms. The third-order valence-corrected chi connectivity index (χ3v) is 5.96. The highest BCUT2D eigenvalue weighted by Gasteiger charge is 2.41. The predicted octanol–water partition coefficient (Wildman–Crippen LogP) is 2.25. The van der Waals surface area contributed by atoms with Gasteiger partial charge < -0.3 is 5.11 Å². The van der Waals surface area contributed by atoms with Gasteiger partial charge in [-0.25, -0.2) is 8.42 Å². The molecule has 0 radical (unpaired) electrons. The van der Waals surface area contributed by atoms with Crippen molar-refractivity contribution in [2.75, 3.05) is 7.05 Å². The Kier molecular flexibility index (Phi) is 4.24. The molecule has 0 bridgehead atoms. The lowest BCUT2D eigenvalue weighted by Crippen LogP contribution is -2.50. The van der Waals surface area contributed by atoms with Crippen molar-refractivity contribution in [3.63, 3.8) is 0 Å². The zero-order valence-electron chi connectivity index (χ0n) is 10.7. The molecule has 0 fully saturated rings. The number of nitrogens with zero attached hydrogens (tertiary/aromatic N) is 1. The van der Waals surface area contributed by atoms with Crippen molar-refractivity contribution in [2.24, 2.45) is 0 Å². The number of carbonyl (C=O) groups is 1. The molecule has 0 aromatic carbocycles. The molecule has 1 aromatic rings. The molecule has 114 valence electrons. The van der Waals surface area contributed by atoms with Crippen LogP contribution in [-0.2, 0) is 21.0 Å². The Hall–Kier alpha value is -1.13. The smallest absolute Gasteiger partial charge is 0.425 e. The highest BCUT2D eigenvalue weighted by atomic mass is 32.2. The molecule has 0 aliphatic carbocycles. The quantitative estimate of drug-likeness (QED) is 0.918. The maximum absolute atomic E-state index is 12.5. The van der Waals surface area contributed by atoms with E-state index in [1.54, 1.807) is 0 Å². The van der Waals surface area contributed by atoms with Gasteiger partial charge in [0.2, 0.25) is 10.0 Å². The number of alkyl halides is 3. The number of carboxylic acid groups (broad SMARTS) is 1. The molecule has 20 heavy (non-hydrogen) atoms. The Balaban J connectivity index is 3.25. The van der Waals surface area contributed by atoms with Crippen LogP contribution in [0.15, 0.2) is 16.3 Å². The van der Waals surface area contributed by atoms with Crippen molar-refractivity contribution in [3.8, 4) is 0 Å². The summed E-state index contributed by atoms with van der Waals surface area (Å²) < 4.78 is 62.2. The highest BCUT2D eigenvalue weighted by Crippen LogP contribution is 2.36. The SMILES string of the molecule is CN(C(C)(C)C(=O)O)S(=O)(=O)c1csc(C(F)(F)F)c1. The molecular weight excluding hydrogens is 319 g/mol. The van der Waals surface area contributed by atoms with E-state index in [9.17, 15) is 26.4 Å². The molecule has 1 aromatic heterocycles. The van der Waals surface area contributed by atoms with E-state index in [1.807, 2.05) is 0 Å². The molecule has 0 saturated heterocycles. The zero-order chi connectivity index (χ0) is 15.9. The first-order valence-corrected chi connectivity index (χ1v) is 7.51. The first kappa shape index (κ1) is 16.9. The third kappa shape index (κ3) is 2.96. The van der Waals surface area contributed by atoms with Gasteiger partial charge in [0.05, 0.1) is 4.90 Å². The molecule has 0 unspecified atom stereocenters. The fourth-order valence-electron chi connectivity index (χ4n) is 1.20. The number of rotatable bonds is 4. The van der Waals surface area contributed by atoms with Crippen LogP contribution in [0.1, 0.15) is 18.7 Å². The lowest BCUT2D eigenvalue weighted by molar-refractivity contribution is -0.146. The Morgan fingerprint density at radius 2 is 1.85 bits per heavy atom. The fraction of sp³-hybridized carbons (Fsp3) is 0.500. The minimum atomic E-state index is -4.64. The van der Waals surface area contributed by atoms with Gasteiger partial charge in [-0.05, 0) is 19.9 Å². The Labute approximate surface area is 117 Å². The average Bonchev–Trinajstić information content (AvgIpc) is 2.76. The maximum atomic E-state index is 12.5. The molecule has 0 amide bonds. The predicted molar refractivity (Wildman–Crippen MR) is 66.0 cm³/mol. The summed E-state index contributed by atoms with van der Waals surface area (Å²) in [5.41, 5.74) is -1.78. The van der Waals surface area contributed by atoms with E-state index >= 15 is 0 Å². The van der Waals surface area contributed by atoms with Gasteiger partial charge in [0.25, 0.3) is 0 Å². The van der Waals surface area contributed by atoms with Crippen LogP contribution in [0.25, 0.3) is 0 Å². The lowest BCUT2D eigenvalue weighted by Gasteiger charge is -2.30. The summed E-state index contributed by atoms with van der Waals surface area (Å²) in [4.78, 5) is 9.39. The number of halogens is 3. The lowest BCUT2D eigenvalue weighted by atomic mass is 10.1. The standard InChI is InChI=1S/C10H12F3NO4S2/c1-9(2,8(15)16)14(3)20(17,18)6-4-7(19-5-6)10(11,12)13/h4-5H,1-3H3,(H,15,16). The summed E-state index contributed by atoms with van der Waals surface area (Å²) in [5, 5.41) is 9.81. The molecule has 1 rings (SSSR count). The van der Waals surface area contributed by atoms with Crippen LogP contribution >= 0.6 is 11.3 Å². The molecule has 1 N–H and O–H groups in total. The van der Waals surface area contributed by atoms with E-state index in [0.717, 1.165) is 26.3 Å². The van der Waals surface area contributed by atoms with Crippen molar-refractivity contribution >= 4 is 27.3 Å². The maximum Gasteiger partial charge on any atom is 0.425 e. The van der Waals surface area contributed by atoms with Crippen molar-refractivity contribution in [1.29, 1.82) is 0 Å². The number of hydrogen-bond acceptors (Lipinski definition) is 4. The van der Waals surface area contributed by atoms with Gasteiger partial charge in [-0.1, -0.05) is 0 Å². The molecule has 0 aliphatic rings. The van der Waals surface area contributed by atoms with E-state index in [-0.39, 0.29) is 11.3 Å². The second-order valence-electron chi connectivity index (χ2n) is 4.48. The normalized spacial score (nSPS) is 13.8. The van der Waals surface area contributed by atoms with Crippen LogP contribution in [0.3, 0.4) is 0 Å². The largest absolute Gasteiger partial charge is 0.480 e. The monoisotopic (exact) mass is 331 g/mol. The van der Waals surface area contributed by atoms with E-state index in [0.29, 0.717) is 10.4 Å². The van der Waals surface area contributed by atoms with Crippen LogP contribution in [0, 0.1) is 0 Å². The fourth-order valence-corrected chi connectivity index (χ4v) is 3.80. The Bertz CT molecular complexity index is 619. The summed E-state index contributed by atoms with van der Waals surface area (Å²) in [7, 11) is -3.31. The first-order valence-electron chi connectivity index (χ1n) is 5.19. The molecule has 10 heteroatoms. The molecular formula is C10H12F3NO4S2. The topological polar surface area (TPSA) is 74.7 Å². The van der Waals surface area contributed by atoms with E-state index < -0.39 is 37.5 Å². The van der Waals surface area contributed by atoms with E-state index in [2.05, 4.69) is 0 Å². The van der Waals surface area contributed by atoms with E-state index in [1.165, 1.54) is 0 Å². The van der Waals surface area contributed by atoms with Gasteiger partial charge in [-0.2, -0.15) is 17.5 Å². The van der Waals surface area contributed by atoms with Gasteiger partial charge in [0, 0.05) is 12.4 Å². The minimum absolute atomic E-state index is 0.242. The number of sulfonamides is 1. The van der Waals surface area contributed by atoms with Gasteiger partial charge in [0.15, 0.2) is 0 Å². The summed E-state index contributed by atoms with van der Waals surface area (Å²) in [6, 6.07) is 0.494. The minimum Gasteiger partial charge on any atom is -0.480 e. The van der Waals surface area contributed by atoms with E-state index in [4.69, 9.17) is 5.11 Å². The van der Waals surface area contributed by atoms with Gasteiger partial charge >= 0.3 is 12.1 Å². The first-order chi connectivity index (χ1) is 8.81. The number of likely N-dealkylation sites (N-methyl/N-ethyl adjacent to an activating group) is 1. The van der Waals surface area contributed by atoms with Crippen molar-refractivity contribution < 1.29 is 31.5 Å². The van der Waals surface area contributed by atoms with Crippen molar-refractivity contribution in [1.82, 2.24) is 4.31 Å². The van der Waals surface area contributed by atoms with Crippen LogP contribution in [0.2, 0.25) is 0 Å². The second-order valence-corrected chi connectivity index (χ2v) is 7.36. The van der Waals surface area contributed by atoms with Crippen molar-refractivity contribution in [3.05, 3.63) is 16.3 Å². The molecule has 1 heterocycles. The molecule has 5 nitrogen and oxygen atoms in total. The van der Waals surface area contributed by atoms with Gasteiger partial charge in [-0.15, -0.1) is 11.3 Å². The summed E-state index contributed by atoms with van der Waals surface area (Å²) >= 11 is 0.242. The molecule has 0 saturated carbocycles. The average molecular weight is 331 g/mol. The highest BCUT2D eigenvalue weighted by molar-refractivity contribution is 7.89. The Morgan fingerprint density at radius 3 is 2.20 bits per heavy atom. The summed E-state index contributed by atoms with van der Waals surface area (Å²) in [5.74, 6) is -1.41. The second kappa shape index (κ2) is 5.01. The van der Waals surface area contributed by atoms with Gasteiger partial charge in [-0.3, -0.25) is 4.79 Å². The number of carboxylic acids is 1. The molecule has 0 aliphatic heterocycles. The van der Waals surface area contributed by atoms with Gasteiger partial charge in [0.1, 0.15) is 10.4 Å². The molecule has 0 atom stereocenters. The number of aliphatic carboxylic acids is 1. The summed E-state index contributed by atoms with van der Waals surface area (Å²) in [6.07, 6.45) is -4.64. The zero-order valence-corrected chi connectivity index (χ0v) is 12.4. The summed E-state index contributed by atoms with van der Waals surface area (Å²) in [6.45, 7) is 2.29. The van der Waals surface area contributed by atoms with Crippen LogP contribution in [0.5, 0.6) is 0 Å². The van der Waals surface area contributed by atoms with Crippen molar-refractivity contribution in [2.45, 2.75) is 30.5 Å². The van der Waals surface area contributed by atoms with Crippen LogP contribution in [-0.4, -0.2) is 36.4 Å². The Morgan fingerprint density at radius 1 is 1.35 bits per heavy atom.